The van der Waals surface area contributed by atoms with E-state index in [4.69, 9.17) is 4.74 Å². The van der Waals surface area contributed by atoms with Crippen molar-refractivity contribution in [3.63, 3.8) is 0 Å². The molecule has 0 saturated heterocycles. The van der Waals surface area contributed by atoms with E-state index in [1.165, 1.54) is 35.9 Å². The second-order valence-corrected chi connectivity index (χ2v) is 8.55. The number of carbonyl (C=O) groups is 3. The predicted molar refractivity (Wildman–Crippen MR) is 124 cm³/mol. The highest BCUT2D eigenvalue weighted by molar-refractivity contribution is 8.00. The first-order valence-electron chi connectivity index (χ1n) is 10.6. The molecule has 0 bridgehead atoms. The van der Waals surface area contributed by atoms with E-state index in [0.717, 1.165) is 12.8 Å². The van der Waals surface area contributed by atoms with Crippen LogP contribution in [0.2, 0.25) is 0 Å². The van der Waals surface area contributed by atoms with Crippen LogP contribution >= 0.6 is 11.8 Å². The number of ether oxygens (including phenoxy) is 1. The summed E-state index contributed by atoms with van der Waals surface area (Å²) in [6, 6.07) is 7.30. The Morgan fingerprint density at radius 3 is 2.35 bits per heavy atom. The highest BCUT2D eigenvalue weighted by Crippen LogP contribution is 2.26. The molecule has 0 unspecified atom stereocenters. The summed E-state index contributed by atoms with van der Waals surface area (Å²) in [6.45, 7) is 7.60. The summed E-state index contributed by atoms with van der Waals surface area (Å²) in [7, 11) is 1.86. The summed E-state index contributed by atoms with van der Waals surface area (Å²) in [5, 5.41) is 0. The van der Waals surface area contributed by atoms with Crippen LogP contribution in [0.15, 0.2) is 54.5 Å². The summed E-state index contributed by atoms with van der Waals surface area (Å²) in [5.41, 5.74) is 0.354. The minimum atomic E-state index is -0.582. The summed E-state index contributed by atoms with van der Waals surface area (Å²) in [5.74, 6) is -0.591. The van der Waals surface area contributed by atoms with Gasteiger partial charge in [0.05, 0.1) is 11.3 Å². The smallest absolute Gasteiger partial charge is 0.339 e. The van der Waals surface area contributed by atoms with Crippen LogP contribution < -0.4 is 0 Å². The second-order valence-electron chi connectivity index (χ2n) is 7.53. The number of hydrogen-bond donors (Lipinski definition) is 0. The normalized spacial score (nSPS) is 13.8. The van der Waals surface area contributed by atoms with E-state index >= 15 is 0 Å². The number of carbonyl (C=O) groups excluding carboxylic acids is 3. The van der Waals surface area contributed by atoms with Gasteiger partial charge < -0.3 is 14.5 Å². The van der Waals surface area contributed by atoms with Gasteiger partial charge in [-0.05, 0) is 25.0 Å². The molecule has 1 fully saturated rings. The van der Waals surface area contributed by atoms with E-state index < -0.39 is 5.97 Å². The number of hydrogen-bond acceptors (Lipinski definition) is 5. The predicted octanol–water partition coefficient (Wildman–Crippen LogP) is 3.93. The average molecular weight is 445 g/mol. The zero-order chi connectivity index (χ0) is 22.6. The summed E-state index contributed by atoms with van der Waals surface area (Å²) >= 11 is 1.32. The van der Waals surface area contributed by atoms with Crippen molar-refractivity contribution in [2.45, 2.75) is 43.0 Å². The molecule has 0 aliphatic heterocycles. The highest BCUT2D eigenvalue weighted by atomic mass is 32.2. The number of benzene rings is 1. The molecule has 0 radical (unpaired) electrons. The molecule has 2 amide bonds. The van der Waals surface area contributed by atoms with E-state index in [1.807, 2.05) is 18.0 Å². The van der Waals surface area contributed by atoms with Gasteiger partial charge in [0.15, 0.2) is 6.61 Å². The van der Waals surface area contributed by atoms with Crippen LogP contribution in [0.3, 0.4) is 0 Å². The quantitative estimate of drug-likeness (QED) is 0.294. The first kappa shape index (κ1) is 24.7. The van der Waals surface area contributed by atoms with Crippen molar-refractivity contribution in [2.24, 2.45) is 0 Å². The van der Waals surface area contributed by atoms with Crippen LogP contribution in [0.4, 0.5) is 0 Å². The van der Waals surface area contributed by atoms with Crippen molar-refractivity contribution < 1.29 is 19.1 Å². The fourth-order valence-electron chi connectivity index (χ4n) is 3.56. The van der Waals surface area contributed by atoms with Crippen molar-refractivity contribution in [1.29, 1.82) is 0 Å². The molecule has 0 spiro atoms. The van der Waals surface area contributed by atoms with Crippen molar-refractivity contribution in [3.05, 3.63) is 55.1 Å². The third-order valence-electron chi connectivity index (χ3n) is 5.35. The fourth-order valence-corrected chi connectivity index (χ4v) is 4.52. The molecule has 1 aliphatic carbocycles. The van der Waals surface area contributed by atoms with Gasteiger partial charge in [0.25, 0.3) is 5.91 Å². The lowest BCUT2D eigenvalue weighted by atomic mass is 9.94. The van der Waals surface area contributed by atoms with Crippen LogP contribution in [0.5, 0.6) is 0 Å². The molecule has 1 saturated carbocycles. The van der Waals surface area contributed by atoms with Crippen LogP contribution in [-0.2, 0) is 14.3 Å². The molecule has 0 atom stereocenters. The number of thioether (sulfide) groups is 1. The van der Waals surface area contributed by atoms with Gasteiger partial charge in [-0.2, -0.15) is 0 Å². The van der Waals surface area contributed by atoms with Gasteiger partial charge in [-0.25, -0.2) is 4.79 Å². The van der Waals surface area contributed by atoms with Gasteiger partial charge in [0.1, 0.15) is 0 Å². The van der Waals surface area contributed by atoms with E-state index in [0.29, 0.717) is 29.6 Å². The van der Waals surface area contributed by atoms with Gasteiger partial charge in [-0.15, -0.1) is 24.9 Å². The third-order valence-corrected chi connectivity index (χ3v) is 6.41. The summed E-state index contributed by atoms with van der Waals surface area (Å²) in [4.78, 5) is 41.5. The first-order valence-corrected chi connectivity index (χ1v) is 11.6. The molecule has 0 heterocycles. The molecule has 7 heteroatoms. The maximum Gasteiger partial charge on any atom is 0.339 e. The Kier molecular flexibility index (Phi) is 10.4. The Morgan fingerprint density at radius 1 is 1.06 bits per heavy atom. The standard InChI is InChI=1S/C24H32N2O4S/c1-4-15-26(16-5-2)22(27)17-30-24(29)20-13-9-10-14-21(20)31-18-23(28)25(3)19-11-7-6-8-12-19/h4-5,9-10,13-14,19H,1-2,6-8,11-12,15-18H2,3H3. The molecule has 0 N–H and O–H groups in total. The van der Waals surface area contributed by atoms with Gasteiger partial charge in [0, 0.05) is 31.1 Å². The van der Waals surface area contributed by atoms with Gasteiger partial charge in [-0.3, -0.25) is 9.59 Å². The van der Waals surface area contributed by atoms with Crippen LogP contribution in [0.1, 0.15) is 42.5 Å². The zero-order valence-electron chi connectivity index (χ0n) is 18.3. The fraction of sp³-hybridized carbons (Fsp3) is 0.458. The summed E-state index contributed by atoms with van der Waals surface area (Å²) in [6.07, 6.45) is 8.90. The van der Waals surface area contributed by atoms with E-state index in [2.05, 4.69) is 13.2 Å². The second kappa shape index (κ2) is 13.0. The van der Waals surface area contributed by atoms with Gasteiger partial charge in [-0.1, -0.05) is 43.5 Å². The van der Waals surface area contributed by atoms with Gasteiger partial charge in [0.2, 0.25) is 5.91 Å². The third kappa shape index (κ3) is 7.58. The Hall–Kier alpha value is -2.54. The van der Waals surface area contributed by atoms with Crippen LogP contribution in [0, 0.1) is 0 Å². The van der Waals surface area contributed by atoms with Crippen molar-refractivity contribution in [1.82, 2.24) is 9.80 Å². The average Bonchev–Trinajstić information content (AvgIpc) is 2.80. The van der Waals surface area contributed by atoms with Crippen molar-refractivity contribution >= 4 is 29.5 Å². The molecule has 168 valence electrons. The molecule has 0 aromatic heterocycles. The molecular formula is C24H32N2O4S. The lowest BCUT2D eigenvalue weighted by Crippen LogP contribution is -2.39. The largest absolute Gasteiger partial charge is 0.452 e. The van der Waals surface area contributed by atoms with Crippen LogP contribution in [0.25, 0.3) is 0 Å². The molecule has 1 aliphatic rings. The SMILES string of the molecule is C=CCN(CC=C)C(=O)COC(=O)c1ccccc1SCC(=O)N(C)C1CCCCC1. The lowest BCUT2D eigenvalue weighted by Gasteiger charge is -2.31. The number of esters is 1. The van der Waals surface area contributed by atoms with E-state index in [-0.39, 0.29) is 24.2 Å². The number of nitrogens with zero attached hydrogens (tertiary/aromatic N) is 2. The molecule has 1 aromatic carbocycles. The van der Waals surface area contributed by atoms with Crippen molar-refractivity contribution in [3.8, 4) is 0 Å². The maximum atomic E-state index is 12.6. The minimum Gasteiger partial charge on any atom is -0.452 e. The Labute approximate surface area is 189 Å². The molecular weight excluding hydrogens is 412 g/mol. The molecule has 6 nitrogen and oxygen atoms in total. The lowest BCUT2D eigenvalue weighted by molar-refractivity contribution is -0.133. The van der Waals surface area contributed by atoms with E-state index in [9.17, 15) is 14.4 Å². The zero-order valence-corrected chi connectivity index (χ0v) is 19.1. The number of amides is 2. The summed E-state index contributed by atoms with van der Waals surface area (Å²) < 4.78 is 5.25. The minimum absolute atomic E-state index is 0.0553. The van der Waals surface area contributed by atoms with Crippen molar-refractivity contribution in [2.75, 3.05) is 32.5 Å². The Balaban J connectivity index is 1.93. The molecule has 2 rings (SSSR count). The molecule has 31 heavy (non-hydrogen) atoms. The maximum absolute atomic E-state index is 12.6. The first-order chi connectivity index (χ1) is 15.0. The highest BCUT2D eigenvalue weighted by Gasteiger charge is 2.23. The Morgan fingerprint density at radius 2 is 1.71 bits per heavy atom. The monoisotopic (exact) mass is 444 g/mol. The van der Waals surface area contributed by atoms with Gasteiger partial charge >= 0.3 is 5.97 Å². The Bertz CT molecular complexity index is 780. The van der Waals surface area contributed by atoms with E-state index in [1.54, 1.807) is 30.4 Å². The topological polar surface area (TPSA) is 66.9 Å². The number of rotatable bonds is 11. The molecule has 1 aromatic rings. The van der Waals surface area contributed by atoms with Crippen LogP contribution in [-0.4, -0.2) is 66.1 Å².